The van der Waals surface area contributed by atoms with Gasteiger partial charge in [-0.15, -0.1) is 0 Å². The first-order chi connectivity index (χ1) is 11.1. The Bertz CT molecular complexity index is 705. The van der Waals surface area contributed by atoms with Gasteiger partial charge in [0.1, 0.15) is 23.0 Å². The minimum atomic E-state index is 0.667. The fourth-order valence-electron chi connectivity index (χ4n) is 1.91. The van der Waals surface area contributed by atoms with Crippen LogP contribution in [0.1, 0.15) is 18.1 Å². The van der Waals surface area contributed by atoms with Crippen molar-refractivity contribution in [3.05, 3.63) is 96.0 Å². The third-order valence-electron chi connectivity index (χ3n) is 3.24. The summed E-state index contributed by atoms with van der Waals surface area (Å²) in [6.45, 7) is 9.78. The number of hydrogen-bond donors (Lipinski definition) is 0. The maximum atomic E-state index is 5.78. The summed E-state index contributed by atoms with van der Waals surface area (Å²) in [7, 11) is 0. The van der Waals surface area contributed by atoms with Gasteiger partial charge < -0.3 is 9.47 Å². The van der Waals surface area contributed by atoms with Gasteiger partial charge in [0, 0.05) is 0 Å². The molecule has 0 aliphatic rings. The van der Waals surface area contributed by atoms with Crippen LogP contribution in [0, 0.1) is 13.8 Å². The van der Waals surface area contributed by atoms with Crippen LogP contribution in [0.2, 0.25) is 0 Å². The number of aryl methyl sites for hydroxylation is 2. The van der Waals surface area contributed by atoms with E-state index in [1.165, 1.54) is 11.1 Å². The molecule has 23 heavy (non-hydrogen) atoms. The van der Waals surface area contributed by atoms with Gasteiger partial charge in [0.15, 0.2) is 0 Å². The topological polar surface area (TPSA) is 18.5 Å². The van der Waals surface area contributed by atoms with Crippen molar-refractivity contribution in [2.24, 2.45) is 0 Å². The van der Waals surface area contributed by atoms with Crippen LogP contribution in [0.4, 0.5) is 0 Å². The molecule has 0 aliphatic heterocycles. The number of hydrogen-bond acceptors (Lipinski definition) is 2. The van der Waals surface area contributed by atoms with Gasteiger partial charge in [0.25, 0.3) is 0 Å². The van der Waals surface area contributed by atoms with Crippen LogP contribution in [-0.4, -0.2) is 0 Å². The number of allylic oxidation sites excluding steroid dienone is 4. The second-order valence-electron chi connectivity index (χ2n) is 5.38. The normalized spacial score (nSPS) is 12.0. The summed E-state index contributed by atoms with van der Waals surface area (Å²) in [5.41, 5.74) is 2.41. The maximum Gasteiger partial charge on any atom is 0.127 e. The second-order valence-corrected chi connectivity index (χ2v) is 5.38. The molecule has 0 saturated heterocycles. The van der Waals surface area contributed by atoms with Gasteiger partial charge in [-0.05, 0) is 63.3 Å². The highest BCUT2D eigenvalue weighted by atomic mass is 16.5. The van der Waals surface area contributed by atoms with Crippen molar-refractivity contribution in [1.82, 2.24) is 0 Å². The van der Waals surface area contributed by atoms with E-state index in [4.69, 9.17) is 9.47 Å². The van der Waals surface area contributed by atoms with Crippen molar-refractivity contribution < 1.29 is 9.47 Å². The molecule has 0 saturated carbocycles. The van der Waals surface area contributed by atoms with Crippen LogP contribution in [0.5, 0.6) is 11.5 Å². The summed E-state index contributed by atoms with van der Waals surface area (Å²) in [4.78, 5) is 0. The molecule has 2 aromatic rings. The average Bonchev–Trinajstić information content (AvgIpc) is 2.55. The van der Waals surface area contributed by atoms with E-state index in [-0.39, 0.29) is 0 Å². The molecule has 0 aliphatic carbocycles. The van der Waals surface area contributed by atoms with E-state index in [1.807, 2.05) is 81.5 Å². The van der Waals surface area contributed by atoms with E-state index in [1.54, 1.807) is 6.08 Å². The van der Waals surface area contributed by atoms with Gasteiger partial charge in [0.05, 0.1) is 0 Å². The lowest BCUT2D eigenvalue weighted by atomic mass is 10.2. The Hall–Kier alpha value is -2.74. The molecule has 0 radical (unpaired) electrons. The molecule has 0 unspecified atom stereocenters. The van der Waals surface area contributed by atoms with Crippen LogP contribution in [0.25, 0.3) is 0 Å². The maximum absolute atomic E-state index is 5.78. The predicted octanol–water partition coefficient (Wildman–Crippen LogP) is 5.73. The molecule has 0 amide bonds. The Morgan fingerprint density at radius 1 is 0.783 bits per heavy atom. The summed E-state index contributed by atoms with van der Waals surface area (Å²) in [6, 6.07) is 15.8. The smallest absolute Gasteiger partial charge is 0.127 e. The third-order valence-corrected chi connectivity index (χ3v) is 3.24. The van der Waals surface area contributed by atoms with Gasteiger partial charge >= 0.3 is 0 Å². The van der Waals surface area contributed by atoms with E-state index in [0.717, 1.165) is 17.3 Å². The second kappa shape index (κ2) is 8.04. The molecule has 2 aromatic carbocycles. The molecule has 0 spiro atoms. The molecule has 118 valence electrons. The minimum Gasteiger partial charge on any atom is -0.462 e. The largest absolute Gasteiger partial charge is 0.462 e. The molecule has 0 heterocycles. The monoisotopic (exact) mass is 306 g/mol. The van der Waals surface area contributed by atoms with Gasteiger partial charge in [-0.2, -0.15) is 0 Å². The summed E-state index contributed by atoms with van der Waals surface area (Å²) < 4.78 is 11.5. The fourth-order valence-corrected chi connectivity index (χ4v) is 1.91. The Balaban J connectivity index is 2.03. The number of rotatable bonds is 6. The first-order valence-electron chi connectivity index (χ1n) is 7.57. The van der Waals surface area contributed by atoms with E-state index in [2.05, 4.69) is 6.58 Å². The zero-order valence-electron chi connectivity index (χ0n) is 13.9. The van der Waals surface area contributed by atoms with Crippen molar-refractivity contribution >= 4 is 0 Å². The highest BCUT2D eigenvalue weighted by Gasteiger charge is 1.98. The SMILES string of the molecule is C=C/C(=C\C=C(/C)Oc1ccc(C)cc1)Oc1ccc(C)cc1. The fraction of sp³-hybridized carbons (Fsp3) is 0.143. The molecule has 0 bridgehead atoms. The number of ether oxygens (including phenoxy) is 2. The van der Waals surface area contributed by atoms with E-state index in [0.29, 0.717) is 5.76 Å². The molecule has 0 N–H and O–H groups in total. The molecule has 2 rings (SSSR count). The lowest BCUT2D eigenvalue weighted by Gasteiger charge is -2.07. The van der Waals surface area contributed by atoms with Crippen molar-refractivity contribution in [1.29, 1.82) is 0 Å². The first kappa shape index (κ1) is 16.6. The predicted molar refractivity (Wildman–Crippen MR) is 95.7 cm³/mol. The number of benzene rings is 2. The standard InChI is InChI=1S/C21H22O2/c1-5-19(23-21-13-8-17(3)9-14-21)15-10-18(4)22-20-11-6-16(2)7-12-20/h5-15H,1H2,2-4H3/b18-10+,19-15+. The van der Waals surface area contributed by atoms with Gasteiger partial charge in [-0.25, -0.2) is 0 Å². The van der Waals surface area contributed by atoms with Crippen molar-refractivity contribution in [2.75, 3.05) is 0 Å². The summed E-state index contributed by atoms with van der Waals surface area (Å²) in [5, 5.41) is 0. The Morgan fingerprint density at radius 3 is 1.74 bits per heavy atom. The summed E-state index contributed by atoms with van der Waals surface area (Å²) in [5.74, 6) is 3.05. The van der Waals surface area contributed by atoms with Crippen LogP contribution in [0.3, 0.4) is 0 Å². The molecule has 0 atom stereocenters. The summed E-state index contributed by atoms with van der Waals surface area (Å²) >= 11 is 0. The van der Waals surface area contributed by atoms with E-state index < -0.39 is 0 Å². The zero-order chi connectivity index (χ0) is 16.7. The van der Waals surface area contributed by atoms with Gasteiger partial charge in [0.2, 0.25) is 0 Å². The first-order valence-corrected chi connectivity index (χ1v) is 7.57. The molecular formula is C21H22O2. The van der Waals surface area contributed by atoms with Crippen LogP contribution in [-0.2, 0) is 0 Å². The summed E-state index contributed by atoms with van der Waals surface area (Å²) in [6.07, 6.45) is 5.39. The van der Waals surface area contributed by atoms with E-state index in [9.17, 15) is 0 Å². The van der Waals surface area contributed by atoms with Gasteiger partial charge in [-0.1, -0.05) is 42.0 Å². The third kappa shape index (κ3) is 5.51. The molecule has 0 fully saturated rings. The van der Waals surface area contributed by atoms with Crippen molar-refractivity contribution in [3.63, 3.8) is 0 Å². The average molecular weight is 306 g/mol. The minimum absolute atomic E-state index is 0.667. The molecule has 2 heteroatoms. The lowest BCUT2D eigenvalue weighted by molar-refractivity contribution is 0.425. The van der Waals surface area contributed by atoms with Crippen LogP contribution < -0.4 is 9.47 Å². The molecule has 0 aromatic heterocycles. The van der Waals surface area contributed by atoms with Crippen molar-refractivity contribution in [2.45, 2.75) is 20.8 Å². The van der Waals surface area contributed by atoms with Crippen LogP contribution in [0.15, 0.2) is 84.9 Å². The highest BCUT2D eigenvalue weighted by Crippen LogP contribution is 2.17. The quantitative estimate of drug-likeness (QED) is 0.501. The lowest BCUT2D eigenvalue weighted by Crippen LogP contribution is -1.93. The molecule has 2 nitrogen and oxygen atoms in total. The zero-order valence-corrected chi connectivity index (χ0v) is 13.9. The van der Waals surface area contributed by atoms with Crippen LogP contribution >= 0.6 is 0 Å². The Kier molecular flexibility index (Phi) is 5.81. The van der Waals surface area contributed by atoms with E-state index >= 15 is 0 Å². The Morgan fingerprint density at radius 2 is 1.26 bits per heavy atom. The molecular weight excluding hydrogens is 284 g/mol. The van der Waals surface area contributed by atoms with Crippen molar-refractivity contribution in [3.8, 4) is 11.5 Å². The Labute approximate surface area is 138 Å². The highest BCUT2D eigenvalue weighted by molar-refractivity contribution is 5.31. The van der Waals surface area contributed by atoms with Gasteiger partial charge in [-0.3, -0.25) is 0 Å².